The van der Waals surface area contributed by atoms with E-state index in [0.29, 0.717) is 0 Å². The number of ether oxygens (including phenoxy) is 1. The lowest BCUT2D eigenvalue weighted by Gasteiger charge is -2.25. The van der Waals surface area contributed by atoms with Crippen molar-refractivity contribution in [3.63, 3.8) is 0 Å². The van der Waals surface area contributed by atoms with Crippen LogP contribution in [0.2, 0.25) is 0 Å². The summed E-state index contributed by atoms with van der Waals surface area (Å²) in [6, 6.07) is 14.8. The van der Waals surface area contributed by atoms with Crippen molar-refractivity contribution in [1.29, 1.82) is 0 Å². The van der Waals surface area contributed by atoms with E-state index in [2.05, 4.69) is 32.2 Å². The SMILES string of the molecule is COc1ccccc1C(CCNC(C)(C)C)c1ccc(F)cc1. The quantitative estimate of drug-likeness (QED) is 0.831. The molecule has 0 aliphatic heterocycles. The molecule has 2 nitrogen and oxygen atoms in total. The van der Waals surface area contributed by atoms with Gasteiger partial charge in [0.05, 0.1) is 7.11 Å². The van der Waals surface area contributed by atoms with Gasteiger partial charge in [-0.15, -0.1) is 0 Å². The van der Waals surface area contributed by atoms with Gasteiger partial charge in [0.25, 0.3) is 0 Å². The predicted molar refractivity (Wildman–Crippen MR) is 93.6 cm³/mol. The maximum absolute atomic E-state index is 13.3. The second kappa shape index (κ2) is 7.60. The van der Waals surface area contributed by atoms with Gasteiger partial charge in [-0.1, -0.05) is 30.3 Å². The molecule has 1 N–H and O–H groups in total. The summed E-state index contributed by atoms with van der Waals surface area (Å²) in [5, 5.41) is 3.53. The van der Waals surface area contributed by atoms with Crippen LogP contribution < -0.4 is 10.1 Å². The van der Waals surface area contributed by atoms with E-state index in [-0.39, 0.29) is 17.3 Å². The first kappa shape index (κ1) is 17.5. The van der Waals surface area contributed by atoms with Crippen molar-refractivity contribution in [3.05, 3.63) is 65.5 Å². The molecule has 0 aromatic heterocycles. The van der Waals surface area contributed by atoms with Crippen LogP contribution in [0.15, 0.2) is 48.5 Å². The van der Waals surface area contributed by atoms with Crippen LogP contribution in [0, 0.1) is 5.82 Å². The summed E-state index contributed by atoms with van der Waals surface area (Å²) in [6.45, 7) is 7.35. The molecular weight excluding hydrogens is 289 g/mol. The zero-order chi connectivity index (χ0) is 16.9. The van der Waals surface area contributed by atoms with Gasteiger partial charge in [-0.05, 0) is 57.5 Å². The molecule has 23 heavy (non-hydrogen) atoms. The largest absolute Gasteiger partial charge is 0.496 e. The molecule has 2 aromatic carbocycles. The monoisotopic (exact) mass is 315 g/mol. The first-order chi connectivity index (χ1) is 10.9. The molecule has 124 valence electrons. The van der Waals surface area contributed by atoms with E-state index < -0.39 is 0 Å². The number of para-hydroxylation sites is 1. The Bertz CT molecular complexity index is 616. The van der Waals surface area contributed by atoms with E-state index in [1.165, 1.54) is 12.1 Å². The molecule has 0 saturated heterocycles. The lowest BCUT2D eigenvalue weighted by molar-refractivity contribution is 0.398. The fourth-order valence-corrected chi connectivity index (χ4v) is 2.74. The van der Waals surface area contributed by atoms with Gasteiger partial charge in [0.1, 0.15) is 11.6 Å². The molecule has 3 heteroatoms. The summed E-state index contributed by atoms with van der Waals surface area (Å²) in [5.41, 5.74) is 2.32. The second-order valence-corrected chi connectivity index (χ2v) is 6.81. The van der Waals surface area contributed by atoms with Gasteiger partial charge < -0.3 is 10.1 Å². The smallest absolute Gasteiger partial charge is 0.123 e. The van der Waals surface area contributed by atoms with E-state index in [0.717, 1.165) is 29.8 Å². The molecule has 0 amide bonds. The minimum absolute atomic E-state index is 0.0775. The number of nitrogens with one attached hydrogen (secondary N) is 1. The van der Waals surface area contributed by atoms with Crippen molar-refractivity contribution >= 4 is 0 Å². The van der Waals surface area contributed by atoms with Gasteiger partial charge in [-0.2, -0.15) is 0 Å². The predicted octanol–water partition coefficient (Wildman–Crippen LogP) is 4.74. The second-order valence-electron chi connectivity index (χ2n) is 6.81. The number of rotatable bonds is 6. The number of hydrogen-bond donors (Lipinski definition) is 1. The molecule has 2 rings (SSSR count). The summed E-state index contributed by atoms with van der Waals surface area (Å²) in [5.74, 6) is 0.833. The fourth-order valence-electron chi connectivity index (χ4n) is 2.74. The number of benzene rings is 2. The summed E-state index contributed by atoms with van der Waals surface area (Å²) in [7, 11) is 1.69. The summed E-state index contributed by atoms with van der Waals surface area (Å²) in [6.07, 6.45) is 0.920. The molecule has 0 radical (unpaired) electrons. The third kappa shape index (κ3) is 5.07. The minimum Gasteiger partial charge on any atom is -0.496 e. The van der Waals surface area contributed by atoms with Gasteiger partial charge in [0.15, 0.2) is 0 Å². The lowest BCUT2D eigenvalue weighted by Crippen LogP contribution is -2.37. The zero-order valence-electron chi connectivity index (χ0n) is 14.4. The van der Waals surface area contributed by atoms with Crippen LogP contribution in [0.3, 0.4) is 0 Å². The molecule has 0 bridgehead atoms. The Morgan fingerprint density at radius 1 is 1.04 bits per heavy atom. The summed E-state index contributed by atoms with van der Waals surface area (Å²) in [4.78, 5) is 0. The maximum atomic E-state index is 13.3. The summed E-state index contributed by atoms with van der Waals surface area (Å²) < 4.78 is 18.8. The standard InChI is InChI=1S/C20H26FNO/c1-20(2,3)22-14-13-17(15-9-11-16(21)12-10-15)18-7-5-6-8-19(18)23-4/h5-12,17,22H,13-14H2,1-4H3. The zero-order valence-corrected chi connectivity index (χ0v) is 14.4. The molecule has 0 saturated carbocycles. The molecule has 0 heterocycles. The first-order valence-electron chi connectivity index (χ1n) is 8.04. The first-order valence-corrected chi connectivity index (χ1v) is 8.04. The van der Waals surface area contributed by atoms with Crippen molar-refractivity contribution in [2.45, 2.75) is 38.6 Å². The lowest BCUT2D eigenvalue weighted by atomic mass is 9.87. The Balaban J connectivity index is 2.29. The Morgan fingerprint density at radius 2 is 1.70 bits per heavy atom. The normalized spacial score (nSPS) is 12.9. The molecular formula is C20H26FNO. The third-order valence-corrected chi connectivity index (χ3v) is 3.88. The van der Waals surface area contributed by atoms with Crippen LogP contribution in [-0.4, -0.2) is 19.2 Å². The van der Waals surface area contributed by atoms with Crippen molar-refractivity contribution in [2.24, 2.45) is 0 Å². The minimum atomic E-state index is -0.208. The molecule has 0 fully saturated rings. The van der Waals surface area contributed by atoms with Crippen LogP contribution in [0.1, 0.15) is 44.2 Å². The molecule has 0 aliphatic rings. The van der Waals surface area contributed by atoms with E-state index in [9.17, 15) is 4.39 Å². The Morgan fingerprint density at radius 3 is 2.30 bits per heavy atom. The number of hydrogen-bond acceptors (Lipinski definition) is 2. The van der Waals surface area contributed by atoms with Crippen molar-refractivity contribution < 1.29 is 9.13 Å². The molecule has 2 aromatic rings. The van der Waals surface area contributed by atoms with Crippen molar-refractivity contribution in [3.8, 4) is 5.75 Å². The van der Waals surface area contributed by atoms with Gasteiger partial charge in [-0.25, -0.2) is 4.39 Å². The Labute approximate surface area is 138 Å². The van der Waals surface area contributed by atoms with Gasteiger partial charge in [-0.3, -0.25) is 0 Å². The molecule has 0 spiro atoms. The topological polar surface area (TPSA) is 21.3 Å². The van der Waals surface area contributed by atoms with Crippen LogP contribution in [0.5, 0.6) is 5.75 Å². The van der Waals surface area contributed by atoms with Crippen LogP contribution in [0.25, 0.3) is 0 Å². The van der Waals surface area contributed by atoms with Gasteiger partial charge in [0, 0.05) is 17.0 Å². The number of methoxy groups -OCH3 is 1. The molecule has 0 aliphatic carbocycles. The molecule has 1 unspecified atom stereocenters. The van der Waals surface area contributed by atoms with Gasteiger partial charge >= 0.3 is 0 Å². The molecule has 1 atom stereocenters. The highest BCUT2D eigenvalue weighted by Crippen LogP contribution is 2.34. The van der Waals surface area contributed by atoms with E-state index >= 15 is 0 Å². The van der Waals surface area contributed by atoms with E-state index in [1.807, 2.05) is 30.3 Å². The van der Waals surface area contributed by atoms with Crippen LogP contribution in [0.4, 0.5) is 4.39 Å². The van der Waals surface area contributed by atoms with Crippen LogP contribution >= 0.6 is 0 Å². The number of halogens is 1. The third-order valence-electron chi connectivity index (χ3n) is 3.88. The Kier molecular flexibility index (Phi) is 5.78. The van der Waals surface area contributed by atoms with Crippen molar-refractivity contribution in [1.82, 2.24) is 5.32 Å². The van der Waals surface area contributed by atoms with Gasteiger partial charge in [0.2, 0.25) is 0 Å². The van der Waals surface area contributed by atoms with Crippen molar-refractivity contribution in [2.75, 3.05) is 13.7 Å². The van der Waals surface area contributed by atoms with Crippen LogP contribution in [-0.2, 0) is 0 Å². The van der Waals surface area contributed by atoms with E-state index in [1.54, 1.807) is 7.11 Å². The van der Waals surface area contributed by atoms with E-state index in [4.69, 9.17) is 4.74 Å². The Hall–Kier alpha value is -1.87. The maximum Gasteiger partial charge on any atom is 0.123 e. The highest BCUT2D eigenvalue weighted by molar-refractivity contribution is 5.42. The average Bonchev–Trinajstić information content (AvgIpc) is 2.52. The highest BCUT2D eigenvalue weighted by Gasteiger charge is 2.19. The average molecular weight is 315 g/mol. The fraction of sp³-hybridized carbons (Fsp3) is 0.400. The highest BCUT2D eigenvalue weighted by atomic mass is 19.1. The summed E-state index contributed by atoms with van der Waals surface area (Å²) >= 11 is 0.